The number of aliphatic hydroxyl groups is 2. The van der Waals surface area contributed by atoms with Crippen molar-refractivity contribution in [2.45, 2.75) is 61.1 Å². The lowest BCUT2D eigenvalue weighted by Gasteiger charge is -2.29. The molecule has 5 rings (SSSR count). The number of carbonyl (C=O) groups is 2. The molecule has 46 heavy (non-hydrogen) atoms. The minimum atomic E-state index is -0.440. The minimum Gasteiger partial charge on any atom is -0.396 e. The monoisotopic (exact) mass is 654 g/mol. The molecule has 0 radical (unpaired) electrons. The van der Waals surface area contributed by atoms with Gasteiger partial charge in [0.1, 0.15) is 0 Å². The van der Waals surface area contributed by atoms with Crippen LogP contribution in [0.1, 0.15) is 70.7 Å². The second kappa shape index (κ2) is 13.7. The maximum Gasteiger partial charge on any atom is 0.197 e. The molecule has 1 aliphatic carbocycles. The second-order valence-corrected chi connectivity index (χ2v) is 15.8. The molecule has 0 spiro atoms. The first-order valence-electron chi connectivity index (χ1n) is 15.4. The lowest BCUT2D eigenvalue weighted by molar-refractivity contribution is 0.0975. The van der Waals surface area contributed by atoms with Crippen LogP contribution in [0.3, 0.4) is 0 Å². The summed E-state index contributed by atoms with van der Waals surface area (Å²) < 4.78 is 0. The van der Waals surface area contributed by atoms with E-state index in [1.165, 1.54) is 23.5 Å². The summed E-state index contributed by atoms with van der Waals surface area (Å²) in [5.74, 6) is -0.445. The van der Waals surface area contributed by atoms with Crippen molar-refractivity contribution in [1.82, 2.24) is 0 Å². The van der Waals surface area contributed by atoms with Crippen molar-refractivity contribution < 1.29 is 19.8 Å². The van der Waals surface area contributed by atoms with E-state index in [0.717, 1.165) is 20.9 Å². The number of fused-ring (bicyclic) bond motifs is 2. The number of benzene rings is 4. The fourth-order valence-corrected chi connectivity index (χ4v) is 6.97. The van der Waals surface area contributed by atoms with Gasteiger partial charge in [-0.25, -0.2) is 0 Å². The predicted octanol–water partition coefficient (Wildman–Crippen LogP) is 8.24. The number of anilines is 2. The van der Waals surface area contributed by atoms with Gasteiger partial charge in [0.15, 0.2) is 11.6 Å². The van der Waals surface area contributed by atoms with Gasteiger partial charge in [0.05, 0.1) is 11.1 Å². The molecule has 0 atom stereocenters. The molecule has 8 heteroatoms. The number of aryl methyl sites for hydroxylation is 2. The van der Waals surface area contributed by atoms with Gasteiger partial charge in [-0.05, 0) is 62.4 Å². The molecule has 6 nitrogen and oxygen atoms in total. The Morgan fingerprint density at radius 2 is 0.891 bits per heavy atom. The highest BCUT2D eigenvalue weighted by Crippen LogP contribution is 2.46. The van der Waals surface area contributed by atoms with Crippen molar-refractivity contribution in [2.24, 2.45) is 10.8 Å². The summed E-state index contributed by atoms with van der Waals surface area (Å²) in [5, 5.41) is 26.6. The number of aliphatic hydroxyl groups excluding tert-OH is 2. The summed E-state index contributed by atoms with van der Waals surface area (Å²) in [7, 11) is 0. The van der Waals surface area contributed by atoms with E-state index >= 15 is 0 Å². The van der Waals surface area contributed by atoms with Crippen molar-refractivity contribution in [2.75, 3.05) is 36.9 Å². The van der Waals surface area contributed by atoms with Gasteiger partial charge in [0, 0.05) is 79.2 Å². The first kappa shape index (κ1) is 33.8. The Balaban J connectivity index is 1.69. The van der Waals surface area contributed by atoms with Crippen LogP contribution in [0.4, 0.5) is 11.4 Å². The van der Waals surface area contributed by atoms with Crippen LogP contribution in [-0.2, 0) is 0 Å². The van der Waals surface area contributed by atoms with Gasteiger partial charge in [0.2, 0.25) is 0 Å². The van der Waals surface area contributed by atoms with Crippen LogP contribution in [0.2, 0.25) is 0 Å². The third-order valence-corrected chi connectivity index (χ3v) is 10.2. The van der Waals surface area contributed by atoms with Gasteiger partial charge >= 0.3 is 0 Å². The number of hydrogen-bond acceptors (Lipinski definition) is 8. The maximum atomic E-state index is 14.9. The van der Waals surface area contributed by atoms with Gasteiger partial charge in [-0.3, -0.25) is 9.59 Å². The number of hydrogen-bond donors (Lipinski definition) is 4. The van der Waals surface area contributed by atoms with Crippen LogP contribution in [0.15, 0.2) is 92.4 Å². The molecule has 240 valence electrons. The zero-order valence-corrected chi connectivity index (χ0v) is 28.9. The Morgan fingerprint density at radius 3 is 1.22 bits per heavy atom. The first-order valence-corrected chi connectivity index (χ1v) is 17.1. The highest BCUT2D eigenvalue weighted by Gasteiger charge is 2.38. The van der Waals surface area contributed by atoms with E-state index in [0.29, 0.717) is 56.5 Å². The molecule has 0 aromatic heterocycles. The third-order valence-electron chi connectivity index (χ3n) is 8.11. The average Bonchev–Trinajstić information content (AvgIpc) is 3.04. The topological polar surface area (TPSA) is 98.7 Å². The Labute approximate surface area is 280 Å². The third kappa shape index (κ3) is 7.36. The van der Waals surface area contributed by atoms with E-state index in [-0.39, 0.29) is 24.8 Å². The normalized spacial score (nSPS) is 13.0. The van der Waals surface area contributed by atoms with E-state index in [1.807, 2.05) is 114 Å². The van der Waals surface area contributed by atoms with E-state index in [9.17, 15) is 19.8 Å². The van der Waals surface area contributed by atoms with E-state index in [1.54, 1.807) is 0 Å². The molecule has 4 aromatic rings. The van der Waals surface area contributed by atoms with Crippen molar-refractivity contribution in [3.63, 3.8) is 0 Å². The van der Waals surface area contributed by atoms with Crippen LogP contribution >= 0.6 is 23.5 Å². The molecule has 4 N–H and O–H groups in total. The summed E-state index contributed by atoms with van der Waals surface area (Å²) >= 11 is 2.93. The van der Waals surface area contributed by atoms with Gasteiger partial charge in [-0.1, -0.05) is 86.6 Å². The largest absolute Gasteiger partial charge is 0.396 e. The van der Waals surface area contributed by atoms with Crippen LogP contribution in [0.5, 0.6) is 0 Å². The molecule has 0 aliphatic heterocycles. The number of nitrogens with one attached hydrogen (secondary N) is 2. The predicted molar refractivity (Wildman–Crippen MR) is 189 cm³/mol. The average molecular weight is 655 g/mol. The van der Waals surface area contributed by atoms with E-state index in [4.69, 9.17) is 0 Å². The Kier molecular flexibility index (Phi) is 10.0. The van der Waals surface area contributed by atoms with Crippen LogP contribution < -0.4 is 10.6 Å². The van der Waals surface area contributed by atoms with E-state index < -0.39 is 10.8 Å². The van der Waals surface area contributed by atoms with Crippen molar-refractivity contribution >= 4 is 46.5 Å². The Bertz CT molecular complexity index is 1630. The summed E-state index contributed by atoms with van der Waals surface area (Å²) in [6.07, 6.45) is 0. The zero-order chi connectivity index (χ0) is 33.2. The first-order chi connectivity index (χ1) is 21.8. The lowest BCUT2D eigenvalue weighted by Crippen LogP contribution is -2.31. The summed E-state index contributed by atoms with van der Waals surface area (Å²) in [5.41, 5.74) is 3.98. The maximum absolute atomic E-state index is 14.9. The molecular weight excluding hydrogens is 613 g/mol. The van der Waals surface area contributed by atoms with Crippen molar-refractivity contribution in [1.29, 1.82) is 0 Å². The number of carbonyl (C=O) groups excluding carboxylic acids is 2. The molecule has 0 saturated heterocycles. The van der Waals surface area contributed by atoms with Gasteiger partial charge in [0.25, 0.3) is 0 Å². The molecule has 0 unspecified atom stereocenters. The fraction of sp³-hybridized carbons (Fsp3) is 0.316. The summed E-state index contributed by atoms with van der Waals surface area (Å²) in [6, 6.07) is 23.8. The minimum absolute atomic E-state index is 0.0319. The molecule has 0 amide bonds. The second-order valence-electron chi connectivity index (χ2n) is 13.6. The van der Waals surface area contributed by atoms with Crippen molar-refractivity contribution in [3.05, 3.63) is 106 Å². The van der Waals surface area contributed by atoms with Crippen LogP contribution in [0, 0.1) is 24.7 Å². The van der Waals surface area contributed by atoms with Crippen molar-refractivity contribution in [3.8, 4) is 0 Å². The van der Waals surface area contributed by atoms with Gasteiger partial charge in [-0.15, -0.1) is 0 Å². The highest BCUT2D eigenvalue weighted by molar-refractivity contribution is 7.99. The number of ketones is 2. The molecule has 4 aromatic carbocycles. The highest BCUT2D eigenvalue weighted by atomic mass is 32.2. The van der Waals surface area contributed by atoms with Gasteiger partial charge in [-0.2, -0.15) is 0 Å². The SMILES string of the molecule is Cc1ccc(Sc2ccc(NCC(C)(C)CO)c3c2C(=O)c2c(NCC(C)(C)CO)ccc(Sc4ccc(C)cc4)c2C3=O)cc1. The quantitative estimate of drug-likeness (QED) is 0.107. The lowest BCUT2D eigenvalue weighted by atomic mass is 9.81. The Hall–Kier alpha value is -3.56. The zero-order valence-electron chi connectivity index (χ0n) is 27.3. The molecule has 0 bridgehead atoms. The van der Waals surface area contributed by atoms with Crippen LogP contribution in [-0.4, -0.2) is 48.1 Å². The van der Waals surface area contributed by atoms with Crippen LogP contribution in [0.25, 0.3) is 0 Å². The number of rotatable bonds is 12. The standard InChI is InChI=1S/C38H42N2O4S2/c1-23-7-11-25(12-8-23)45-29-17-15-27(39-19-37(3,4)21-41)31-33(29)35(43)32-28(40-20-38(5,6)22-42)16-18-30(34(32)36(31)44)46-26-13-9-24(2)10-14-26/h7-18,39-42H,19-22H2,1-6H3. The molecule has 0 fully saturated rings. The summed E-state index contributed by atoms with van der Waals surface area (Å²) in [4.78, 5) is 33.1. The fourth-order valence-electron chi connectivity index (χ4n) is 5.05. The van der Waals surface area contributed by atoms with Gasteiger partial charge < -0.3 is 20.8 Å². The molecule has 1 aliphatic rings. The Morgan fingerprint density at radius 1 is 0.543 bits per heavy atom. The molecular formula is C38H42N2O4S2. The molecule has 0 saturated carbocycles. The molecule has 0 heterocycles. The smallest absolute Gasteiger partial charge is 0.197 e. The summed E-state index contributed by atoms with van der Waals surface area (Å²) in [6.45, 7) is 12.6. The van der Waals surface area contributed by atoms with E-state index in [2.05, 4.69) is 10.6 Å².